The minimum absolute atomic E-state index is 0.438. The summed E-state index contributed by atoms with van der Waals surface area (Å²) in [4.78, 5) is 11.4. The number of hydrogen-bond acceptors (Lipinski definition) is 4. The molecule has 1 aliphatic heterocycles. The van der Waals surface area contributed by atoms with E-state index in [1.807, 2.05) is 30.0 Å². The Bertz CT molecular complexity index is 529. The van der Waals surface area contributed by atoms with Crippen molar-refractivity contribution in [2.24, 2.45) is 5.73 Å². The highest BCUT2D eigenvalue weighted by molar-refractivity contribution is 8.00. The first-order valence-corrected chi connectivity index (χ1v) is 8.19. The van der Waals surface area contributed by atoms with Crippen LogP contribution in [0.1, 0.15) is 36.8 Å². The lowest BCUT2D eigenvalue weighted by Crippen LogP contribution is -2.42. The molecule has 1 saturated heterocycles. The summed E-state index contributed by atoms with van der Waals surface area (Å²) >= 11 is 1.95. The van der Waals surface area contributed by atoms with Crippen molar-refractivity contribution in [2.75, 3.05) is 11.1 Å². The lowest BCUT2D eigenvalue weighted by Gasteiger charge is -2.25. The molecule has 108 valence electrons. The van der Waals surface area contributed by atoms with Gasteiger partial charge < -0.3 is 16.2 Å². The number of thioether (sulfide) groups is 1. The second-order valence-corrected chi connectivity index (χ2v) is 6.92. The minimum atomic E-state index is -1.22. The van der Waals surface area contributed by atoms with E-state index in [1.165, 1.54) is 25.0 Å². The molecular weight excluding hydrogens is 272 g/mol. The lowest BCUT2D eigenvalue weighted by atomic mass is 9.93. The Morgan fingerprint density at radius 3 is 3.00 bits per heavy atom. The molecule has 0 amide bonds. The second kappa shape index (κ2) is 5.30. The van der Waals surface area contributed by atoms with E-state index in [4.69, 9.17) is 5.73 Å². The molecule has 2 unspecified atom stereocenters. The number of carboxylic acids is 1. The molecule has 4 nitrogen and oxygen atoms in total. The number of nitrogens with one attached hydrogen (secondary N) is 1. The van der Waals surface area contributed by atoms with Gasteiger partial charge in [-0.05, 0) is 55.1 Å². The Hall–Kier alpha value is -1.20. The molecule has 0 aromatic heterocycles. The van der Waals surface area contributed by atoms with E-state index < -0.39 is 11.5 Å². The van der Waals surface area contributed by atoms with Crippen molar-refractivity contribution in [1.82, 2.24) is 0 Å². The fourth-order valence-corrected chi connectivity index (χ4v) is 4.32. The molecule has 0 bridgehead atoms. The van der Waals surface area contributed by atoms with E-state index in [0.717, 1.165) is 23.2 Å². The van der Waals surface area contributed by atoms with Crippen molar-refractivity contribution < 1.29 is 9.90 Å². The van der Waals surface area contributed by atoms with Crippen LogP contribution >= 0.6 is 11.8 Å². The van der Waals surface area contributed by atoms with E-state index in [2.05, 4.69) is 5.32 Å². The highest BCUT2D eigenvalue weighted by Gasteiger charge is 2.42. The maximum Gasteiger partial charge on any atom is 0.328 e. The number of aliphatic carboxylic acids is 1. The first-order chi connectivity index (χ1) is 9.61. The number of fused-ring (bicyclic) bond motifs is 1. The van der Waals surface area contributed by atoms with Crippen molar-refractivity contribution in [3.05, 3.63) is 29.3 Å². The molecule has 2 atom stereocenters. The Morgan fingerprint density at radius 2 is 2.30 bits per heavy atom. The van der Waals surface area contributed by atoms with Crippen LogP contribution in [0.3, 0.4) is 0 Å². The largest absolute Gasteiger partial charge is 0.480 e. The zero-order valence-corrected chi connectivity index (χ0v) is 12.2. The van der Waals surface area contributed by atoms with Gasteiger partial charge in [0.05, 0.1) is 5.37 Å². The summed E-state index contributed by atoms with van der Waals surface area (Å²) in [6, 6.07) is 5.81. The summed E-state index contributed by atoms with van der Waals surface area (Å²) in [7, 11) is 0. The Kier molecular flexibility index (Phi) is 3.65. The summed E-state index contributed by atoms with van der Waals surface area (Å²) < 4.78 is 0. The number of benzene rings is 1. The third-order valence-corrected chi connectivity index (χ3v) is 5.58. The van der Waals surface area contributed by atoms with Crippen LogP contribution in [0.15, 0.2) is 18.2 Å². The SMILES string of the molecule is NC1(C(=O)O)CCc2c(NC3CCCCS3)cccc21. The highest BCUT2D eigenvalue weighted by atomic mass is 32.2. The van der Waals surface area contributed by atoms with Crippen LogP contribution < -0.4 is 11.1 Å². The van der Waals surface area contributed by atoms with Crippen LogP contribution in [-0.2, 0) is 16.8 Å². The van der Waals surface area contributed by atoms with E-state index >= 15 is 0 Å². The van der Waals surface area contributed by atoms with Gasteiger partial charge in [0.1, 0.15) is 5.54 Å². The molecule has 0 spiro atoms. The molecule has 4 N–H and O–H groups in total. The monoisotopic (exact) mass is 292 g/mol. The van der Waals surface area contributed by atoms with E-state index in [9.17, 15) is 9.90 Å². The molecule has 20 heavy (non-hydrogen) atoms. The zero-order chi connectivity index (χ0) is 14.2. The van der Waals surface area contributed by atoms with Crippen molar-refractivity contribution in [3.8, 4) is 0 Å². The molecule has 1 aliphatic carbocycles. The molecule has 0 saturated carbocycles. The molecule has 1 aromatic rings. The van der Waals surface area contributed by atoms with E-state index in [-0.39, 0.29) is 0 Å². The number of rotatable bonds is 3. The van der Waals surface area contributed by atoms with Crippen LogP contribution in [-0.4, -0.2) is 22.2 Å². The van der Waals surface area contributed by atoms with Crippen LogP contribution in [0.5, 0.6) is 0 Å². The van der Waals surface area contributed by atoms with Gasteiger partial charge in [0.25, 0.3) is 0 Å². The fourth-order valence-electron chi connectivity index (χ4n) is 3.12. The number of carboxylic acid groups (broad SMARTS) is 1. The molecule has 1 fully saturated rings. The smallest absolute Gasteiger partial charge is 0.328 e. The summed E-state index contributed by atoms with van der Waals surface area (Å²) in [5.41, 5.74) is 7.79. The summed E-state index contributed by atoms with van der Waals surface area (Å²) in [6.07, 6.45) is 4.93. The van der Waals surface area contributed by atoms with Crippen molar-refractivity contribution in [1.29, 1.82) is 0 Å². The van der Waals surface area contributed by atoms with Gasteiger partial charge in [-0.3, -0.25) is 0 Å². The first kappa shape index (κ1) is 13.8. The molecular formula is C15H20N2O2S. The normalized spacial score (nSPS) is 28.9. The summed E-state index contributed by atoms with van der Waals surface area (Å²) in [5, 5.41) is 13.4. The Balaban J connectivity index is 1.87. The third kappa shape index (κ3) is 2.29. The first-order valence-electron chi connectivity index (χ1n) is 7.14. The topological polar surface area (TPSA) is 75.4 Å². The number of nitrogens with two attached hydrogens (primary N) is 1. The molecule has 2 aliphatic rings. The zero-order valence-electron chi connectivity index (χ0n) is 11.4. The van der Waals surface area contributed by atoms with Gasteiger partial charge in [-0.15, -0.1) is 11.8 Å². The van der Waals surface area contributed by atoms with Gasteiger partial charge in [-0.25, -0.2) is 4.79 Å². The van der Waals surface area contributed by atoms with Gasteiger partial charge in [0.2, 0.25) is 0 Å². The predicted molar refractivity (Wildman–Crippen MR) is 82.0 cm³/mol. The van der Waals surface area contributed by atoms with Crippen molar-refractivity contribution in [3.63, 3.8) is 0 Å². The Labute approximate surface area is 123 Å². The van der Waals surface area contributed by atoms with E-state index in [1.54, 1.807) is 0 Å². The molecule has 1 aromatic carbocycles. The second-order valence-electron chi connectivity index (χ2n) is 5.61. The summed E-state index contributed by atoms with van der Waals surface area (Å²) in [5.74, 6) is 0.267. The predicted octanol–water partition coefficient (Wildman–Crippen LogP) is 2.53. The number of carbonyl (C=O) groups is 1. The molecule has 0 radical (unpaired) electrons. The average Bonchev–Trinajstić information content (AvgIpc) is 2.80. The van der Waals surface area contributed by atoms with Crippen LogP contribution in [0.2, 0.25) is 0 Å². The highest BCUT2D eigenvalue weighted by Crippen LogP contribution is 2.40. The van der Waals surface area contributed by atoms with Crippen LogP contribution in [0.4, 0.5) is 5.69 Å². The van der Waals surface area contributed by atoms with Gasteiger partial charge in [-0.1, -0.05) is 12.1 Å². The standard InChI is InChI=1S/C15H20N2O2S/c16-15(14(18)19)8-7-10-11(15)4-3-5-12(10)17-13-6-1-2-9-20-13/h3-5,13,17H,1-2,6-9,16H2,(H,18,19). The fraction of sp³-hybridized carbons (Fsp3) is 0.533. The summed E-state index contributed by atoms with van der Waals surface area (Å²) in [6.45, 7) is 0. The van der Waals surface area contributed by atoms with Gasteiger partial charge in [0.15, 0.2) is 0 Å². The van der Waals surface area contributed by atoms with Gasteiger partial charge >= 0.3 is 5.97 Å². The van der Waals surface area contributed by atoms with Crippen LogP contribution in [0, 0.1) is 0 Å². The number of anilines is 1. The number of hydrogen-bond donors (Lipinski definition) is 3. The Morgan fingerprint density at radius 1 is 1.45 bits per heavy atom. The molecule has 1 heterocycles. The van der Waals surface area contributed by atoms with Crippen LogP contribution in [0.25, 0.3) is 0 Å². The molecule has 3 rings (SSSR count). The van der Waals surface area contributed by atoms with Crippen molar-refractivity contribution in [2.45, 2.75) is 43.0 Å². The molecule has 5 heteroatoms. The van der Waals surface area contributed by atoms with E-state index in [0.29, 0.717) is 11.8 Å². The quantitative estimate of drug-likeness (QED) is 0.798. The average molecular weight is 292 g/mol. The maximum atomic E-state index is 11.4. The van der Waals surface area contributed by atoms with Gasteiger partial charge in [-0.2, -0.15) is 0 Å². The van der Waals surface area contributed by atoms with Crippen molar-refractivity contribution >= 4 is 23.4 Å². The maximum absolute atomic E-state index is 11.4. The lowest BCUT2D eigenvalue weighted by molar-refractivity contribution is -0.143. The van der Waals surface area contributed by atoms with Gasteiger partial charge in [0, 0.05) is 5.69 Å². The third-order valence-electron chi connectivity index (χ3n) is 4.30. The minimum Gasteiger partial charge on any atom is -0.480 e.